The average Bonchev–Trinajstić information content (AvgIpc) is 2.86. The molecule has 1 atom stereocenters. The first-order chi connectivity index (χ1) is 10.6. The zero-order valence-electron chi connectivity index (χ0n) is 11.9. The van der Waals surface area contributed by atoms with Gasteiger partial charge in [0.15, 0.2) is 5.60 Å². The number of para-hydroxylation sites is 1. The van der Waals surface area contributed by atoms with E-state index in [1.807, 2.05) is 6.07 Å². The predicted octanol–water partition coefficient (Wildman–Crippen LogP) is 2.27. The molecule has 0 aliphatic carbocycles. The van der Waals surface area contributed by atoms with Crippen molar-refractivity contribution in [1.82, 2.24) is 5.32 Å². The molecule has 0 saturated heterocycles. The molecule has 114 valence electrons. The molecular weight excluding hydrogens is 284 g/mol. The lowest BCUT2D eigenvalue weighted by molar-refractivity contribution is -0.742. The summed E-state index contributed by atoms with van der Waals surface area (Å²) in [5.41, 5.74) is 3.82. The molecule has 0 radical (unpaired) electrons. The molecule has 0 aromatic heterocycles. The Bertz CT molecular complexity index is 673. The molecule has 2 aliphatic heterocycles. The van der Waals surface area contributed by atoms with Crippen LogP contribution in [0.1, 0.15) is 16.7 Å². The maximum Gasteiger partial charge on any atom is 0.291 e. The lowest BCUT2D eigenvalue weighted by Gasteiger charge is -2.35. The van der Waals surface area contributed by atoms with Gasteiger partial charge in [0.2, 0.25) is 0 Å². The third-order valence-electron chi connectivity index (χ3n) is 3.99. The van der Waals surface area contributed by atoms with Crippen LogP contribution in [0.3, 0.4) is 0 Å². The summed E-state index contributed by atoms with van der Waals surface area (Å²) < 4.78 is 6.30. The first kappa shape index (κ1) is 14.3. The molecule has 0 bridgehead atoms. The zero-order chi connectivity index (χ0) is 15.6. The van der Waals surface area contributed by atoms with E-state index in [1.165, 1.54) is 16.7 Å². The zero-order valence-corrected chi connectivity index (χ0v) is 11.9. The van der Waals surface area contributed by atoms with E-state index < -0.39 is 5.09 Å². The Morgan fingerprint density at radius 1 is 1.14 bits per heavy atom. The fourth-order valence-electron chi connectivity index (χ4n) is 3.17. The number of nitrogens with one attached hydrogen (secondary N) is 1. The second kappa shape index (κ2) is 5.65. The fourth-order valence-corrected chi connectivity index (χ4v) is 3.17. The molecule has 0 fully saturated rings. The van der Waals surface area contributed by atoms with Gasteiger partial charge in [-0.25, -0.2) is 0 Å². The lowest BCUT2D eigenvalue weighted by atomic mass is 9.83. The minimum atomic E-state index is -1.50. The van der Waals surface area contributed by atoms with Crippen LogP contribution in [0.25, 0.3) is 0 Å². The van der Waals surface area contributed by atoms with Gasteiger partial charge in [0.25, 0.3) is 5.09 Å². The molecule has 2 aromatic carbocycles. The summed E-state index contributed by atoms with van der Waals surface area (Å²) in [6.07, 6.45) is 0.965. The summed E-state index contributed by atoms with van der Waals surface area (Å²) in [5.74, 6) is 1.04. The Morgan fingerprint density at radius 2 is 1.77 bits per heavy atom. The monoisotopic (exact) mass is 300 g/mol. The Kier molecular flexibility index (Phi) is 3.68. The summed E-state index contributed by atoms with van der Waals surface area (Å²) in [6.45, 7) is 1.83. The van der Waals surface area contributed by atoms with Gasteiger partial charge in [0.1, 0.15) is 5.75 Å². The molecule has 1 spiro atoms. The predicted molar refractivity (Wildman–Crippen MR) is 79.4 cm³/mol. The van der Waals surface area contributed by atoms with Gasteiger partial charge in [-0.3, -0.25) is 0 Å². The summed E-state index contributed by atoms with van der Waals surface area (Å²) >= 11 is 0. The molecule has 22 heavy (non-hydrogen) atoms. The molecule has 2 N–H and O–H groups in total. The van der Waals surface area contributed by atoms with Crippen molar-refractivity contribution in [3.05, 3.63) is 75.3 Å². The molecule has 0 saturated carbocycles. The van der Waals surface area contributed by atoms with Gasteiger partial charge in [0.05, 0.1) is 0 Å². The van der Waals surface area contributed by atoms with E-state index in [4.69, 9.17) is 20.1 Å². The van der Waals surface area contributed by atoms with Crippen molar-refractivity contribution in [3.63, 3.8) is 0 Å². The third kappa shape index (κ3) is 2.60. The highest BCUT2D eigenvalue weighted by atomic mass is 16.9. The van der Waals surface area contributed by atoms with Crippen molar-refractivity contribution >= 4 is 0 Å². The molecule has 6 heteroatoms. The van der Waals surface area contributed by atoms with E-state index in [0.29, 0.717) is 0 Å². The van der Waals surface area contributed by atoms with Gasteiger partial charge in [-0.15, -0.1) is 10.1 Å². The van der Waals surface area contributed by atoms with E-state index in [0.717, 1.165) is 25.3 Å². The SMILES string of the molecule is O=[N+]([O-])O.c1ccc2c(c1)CC1(CNCc3ccccc31)O2. The van der Waals surface area contributed by atoms with Crippen LogP contribution in [-0.2, 0) is 18.6 Å². The van der Waals surface area contributed by atoms with Crippen molar-refractivity contribution in [1.29, 1.82) is 0 Å². The second-order valence-electron chi connectivity index (χ2n) is 5.38. The largest absolute Gasteiger partial charge is 0.481 e. The van der Waals surface area contributed by atoms with Crippen LogP contribution in [0.15, 0.2) is 48.5 Å². The number of ether oxygens (including phenoxy) is 1. The first-order valence-electron chi connectivity index (χ1n) is 7.00. The number of fused-ring (bicyclic) bond motifs is 3. The number of rotatable bonds is 0. The van der Waals surface area contributed by atoms with Crippen molar-refractivity contribution < 1.29 is 15.0 Å². The van der Waals surface area contributed by atoms with Gasteiger partial charge in [-0.2, -0.15) is 0 Å². The highest BCUT2D eigenvalue weighted by Gasteiger charge is 2.43. The summed E-state index contributed by atoms with van der Waals surface area (Å²) in [5, 5.41) is 17.1. The third-order valence-corrected chi connectivity index (χ3v) is 3.99. The van der Waals surface area contributed by atoms with E-state index in [-0.39, 0.29) is 5.60 Å². The highest BCUT2D eigenvalue weighted by Crippen LogP contribution is 2.43. The van der Waals surface area contributed by atoms with E-state index in [1.54, 1.807) is 0 Å². The average molecular weight is 300 g/mol. The van der Waals surface area contributed by atoms with E-state index in [9.17, 15) is 0 Å². The van der Waals surface area contributed by atoms with Gasteiger partial charge >= 0.3 is 0 Å². The van der Waals surface area contributed by atoms with Crippen LogP contribution in [0, 0.1) is 10.1 Å². The van der Waals surface area contributed by atoms with E-state index >= 15 is 0 Å². The van der Waals surface area contributed by atoms with Gasteiger partial charge < -0.3 is 15.3 Å². The standard InChI is InChI=1S/C16H15NO.HNO3/c1-3-7-14-13(6-1)10-17-11-16(14)9-12-5-2-4-8-15(12)18-16;2-1(3)4/h1-8,17H,9-11H2;(H,2,3,4). The van der Waals surface area contributed by atoms with E-state index in [2.05, 4.69) is 47.8 Å². The Balaban J connectivity index is 0.000000325. The summed E-state index contributed by atoms with van der Waals surface area (Å²) in [7, 11) is 0. The topological polar surface area (TPSA) is 84.6 Å². The minimum Gasteiger partial charge on any atom is -0.481 e. The number of hydrogen-bond donors (Lipinski definition) is 2. The van der Waals surface area contributed by atoms with Crippen LogP contribution >= 0.6 is 0 Å². The number of hydrogen-bond acceptors (Lipinski definition) is 4. The Labute approximate surface area is 127 Å². The normalized spacial score (nSPS) is 21.1. The maximum atomic E-state index is 8.36. The van der Waals surface area contributed by atoms with Crippen molar-refractivity contribution in [2.75, 3.05) is 6.54 Å². The molecule has 0 amide bonds. The quantitative estimate of drug-likeness (QED) is 0.576. The highest BCUT2D eigenvalue weighted by molar-refractivity contribution is 5.46. The molecule has 2 aromatic rings. The second-order valence-corrected chi connectivity index (χ2v) is 5.38. The van der Waals surface area contributed by atoms with Crippen LogP contribution in [0.2, 0.25) is 0 Å². The fraction of sp³-hybridized carbons (Fsp3) is 0.250. The Hall–Kier alpha value is -2.60. The Morgan fingerprint density at radius 3 is 2.50 bits per heavy atom. The molecular formula is C16H16N2O4. The van der Waals surface area contributed by atoms with Crippen molar-refractivity contribution in [3.8, 4) is 5.75 Å². The maximum absolute atomic E-state index is 8.36. The molecule has 2 heterocycles. The van der Waals surface area contributed by atoms with Gasteiger partial charge in [-0.05, 0) is 17.2 Å². The first-order valence-corrected chi connectivity index (χ1v) is 7.00. The smallest absolute Gasteiger partial charge is 0.291 e. The van der Waals surface area contributed by atoms with Crippen molar-refractivity contribution in [2.45, 2.75) is 18.6 Å². The minimum absolute atomic E-state index is 0.196. The van der Waals surface area contributed by atoms with Gasteiger partial charge in [-0.1, -0.05) is 42.5 Å². The molecule has 4 rings (SSSR count). The van der Waals surface area contributed by atoms with Gasteiger partial charge in [0, 0.05) is 25.1 Å². The molecule has 1 unspecified atom stereocenters. The number of nitrogens with zero attached hydrogens (tertiary/aromatic N) is 1. The van der Waals surface area contributed by atoms with Crippen LogP contribution in [0.5, 0.6) is 5.75 Å². The lowest BCUT2D eigenvalue weighted by Crippen LogP contribution is -2.46. The van der Waals surface area contributed by atoms with Crippen LogP contribution < -0.4 is 10.1 Å². The summed E-state index contributed by atoms with van der Waals surface area (Å²) in [6, 6.07) is 17.0. The molecule has 2 aliphatic rings. The van der Waals surface area contributed by atoms with Crippen molar-refractivity contribution in [2.24, 2.45) is 0 Å². The van der Waals surface area contributed by atoms with Crippen LogP contribution in [-0.4, -0.2) is 16.8 Å². The molecule has 6 nitrogen and oxygen atoms in total. The summed E-state index contributed by atoms with van der Waals surface area (Å²) in [4.78, 5) is 8.36. The van der Waals surface area contributed by atoms with Crippen LogP contribution in [0.4, 0.5) is 0 Å². The number of benzene rings is 2.